The Labute approximate surface area is 192 Å². The summed E-state index contributed by atoms with van der Waals surface area (Å²) in [4.78, 5) is 16.3. The second-order valence-electron chi connectivity index (χ2n) is 7.83. The Hall–Kier alpha value is -3.67. The summed E-state index contributed by atoms with van der Waals surface area (Å²) in [7, 11) is 0. The molecule has 170 valence electrons. The van der Waals surface area contributed by atoms with Crippen molar-refractivity contribution in [3.05, 3.63) is 83.1 Å². The average molecular weight is 448 g/mol. The van der Waals surface area contributed by atoms with Gasteiger partial charge >= 0.3 is 5.97 Å². The number of carbonyl (C=O) groups is 1. The molecule has 2 aromatic carbocycles. The molecule has 6 heteroatoms. The third kappa shape index (κ3) is 4.90. The van der Waals surface area contributed by atoms with E-state index in [1.165, 1.54) is 6.26 Å². The van der Waals surface area contributed by atoms with Gasteiger partial charge in [0, 0.05) is 28.6 Å². The number of aryl methyl sites for hydroxylation is 2. The molecule has 5 nitrogen and oxygen atoms in total. The third-order valence-corrected chi connectivity index (χ3v) is 5.48. The highest BCUT2D eigenvalue weighted by Crippen LogP contribution is 2.34. The van der Waals surface area contributed by atoms with Gasteiger partial charge in [-0.2, -0.15) is 0 Å². The van der Waals surface area contributed by atoms with E-state index in [0.717, 1.165) is 28.8 Å². The number of halogens is 1. The highest BCUT2D eigenvalue weighted by Gasteiger charge is 2.18. The van der Waals surface area contributed by atoms with Crippen LogP contribution in [0.2, 0.25) is 0 Å². The van der Waals surface area contributed by atoms with Crippen LogP contribution in [0.15, 0.2) is 59.3 Å². The maximum Gasteiger partial charge on any atom is 0.310 e. The number of hydrogen-bond acceptors (Lipinski definition) is 5. The SMILES string of the molecule is CCOC(=O)Cc1ccc(C)cc1OCc1cc(-c2ccnc(CC)c2)c2occc2c1F. The number of furan rings is 1. The summed E-state index contributed by atoms with van der Waals surface area (Å²) in [6.07, 6.45) is 4.12. The van der Waals surface area contributed by atoms with Crippen LogP contribution in [0.1, 0.15) is 36.2 Å². The first kappa shape index (κ1) is 22.5. The molecule has 0 unspecified atom stereocenters. The zero-order valence-electron chi connectivity index (χ0n) is 19.0. The number of nitrogens with zero attached hydrogens (tertiary/aromatic N) is 1. The van der Waals surface area contributed by atoms with Crippen molar-refractivity contribution in [3.8, 4) is 16.9 Å². The van der Waals surface area contributed by atoms with E-state index in [1.807, 2.05) is 44.2 Å². The Kier molecular flexibility index (Phi) is 6.73. The molecule has 0 N–H and O–H groups in total. The molecular weight excluding hydrogens is 421 g/mol. The lowest BCUT2D eigenvalue weighted by Crippen LogP contribution is -2.09. The summed E-state index contributed by atoms with van der Waals surface area (Å²) in [6.45, 7) is 6.06. The summed E-state index contributed by atoms with van der Waals surface area (Å²) in [6, 6.07) is 12.8. The Bertz CT molecular complexity index is 1290. The number of fused-ring (bicyclic) bond motifs is 1. The third-order valence-electron chi connectivity index (χ3n) is 5.48. The normalized spacial score (nSPS) is 11.0. The molecule has 4 aromatic rings. The molecule has 0 saturated heterocycles. The molecule has 0 bridgehead atoms. The zero-order chi connectivity index (χ0) is 23.4. The van der Waals surface area contributed by atoms with Crippen LogP contribution >= 0.6 is 0 Å². The molecule has 0 fully saturated rings. The van der Waals surface area contributed by atoms with Gasteiger partial charge in [0.15, 0.2) is 0 Å². The summed E-state index contributed by atoms with van der Waals surface area (Å²) in [5, 5.41) is 0.400. The summed E-state index contributed by atoms with van der Waals surface area (Å²) < 4.78 is 32.0. The summed E-state index contributed by atoms with van der Waals surface area (Å²) in [5.74, 6) is -0.177. The second-order valence-corrected chi connectivity index (χ2v) is 7.83. The van der Waals surface area contributed by atoms with E-state index in [4.69, 9.17) is 13.9 Å². The molecule has 0 aliphatic heterocycles. The number of benzene rings is 2. The fourth-order valence-corrected chi connectivity index (χ4v) is 3.79. The van der Waals surface area contributed by atoms with Gasteiger partial charge in [-0.05, 0) is 61.7 Å². The summed E-state index contributed by atoms with van der Waals surface area (Å²) >= 11 is 0. The zero-order valence-corrected chi connectivity index (χ0v) is 19.0. The first-order chi connectivity index (χ1) is 16.0. The van der Waals surface area contributed by atoms with Crippen LogP contribution in [0.3, 0.4) is 0 Å². The minimum absolute atomic E-state index is 0.00491. The molecule has 2 heterocycles. The van der Waals surface area contributed by atoms with Gasteiger partial charge in [0.25, 0.3) is 0 Å². The highest BCUT2D eigenvalue weighted by atomic mass is 19.1. The van der Waals surface area contributed by atoms with E-state index in [-0.39, 0.29) is 24.8 Å². The Morgan fingerprint density at radius 1 is 1.09 bits per heavy atom. The number of pyridine rings is 1. The van der Waals surface area contributed by atoms with Gasteiger partial charge in [0.1, 0.15) is 23.8 Å². The smallest absolute Gasteiger partial charge is 0.310 e. The van der Waals surface area contributed by atoms with E-state index in [0.29, 0.717) is 34.5 Å². The molecule has 0 spiro atoms. The average Bonchev–Trinajstić information content (AvgIpc) is 3.31. The van der Waals surface area contributed by atoms with Crippen molar-refractivity contribution in [1.82, 2.24) is 4.98 Å². The van der Waals surface area contributed by atoms with E-state index < -0.39 is 0 Å². The van der Waals surface area contributed by atoms with Crippen molar-refractivity contribution < 1.29 is 23.1 Å². The number of aromatic nitrogens is 1. The molecule has 33 heavy (non-hydrogen) atoms. The van der Waals surface area contributed by atoms with Crippen LogP contribution in [0.5, 0.6) is 5.75 Å². The first-order valence-electron chi connectivity index (χ1n) is 11.0. The van der Waals surface area contributed by atoms with E-state index in [9.17, 15) is 4.79 Å². The quantitative estimate of drug-likeness (QED) is 0.302. The molecule has 2 aromatic heterocycles. The van der Waals surface area contributed by atoms with Gasteiger partial charge in [-0.3, -0.25) is 9.78 Å². The fraction of sp³-hybridized carbons (Fsp3) is 0.259. The van der Waals surface area contributed by atoms with Crippen LogP contribution in [-0.2, 0) is 29.0 Å². The molecular formula is C27H26FNO4. The van der Waals surface area contributed by atoms with Gasteiger partial charge in [-0.25, -0.2) is 4.39 Å². The molecule has 0 aliphatic carbocycles. The largest absolute Gasteiger partial charge is 0.488 e. The standard InChI is InChI=1S/C27H26FNO4/c1-4-21-13-18(8-10-29-21)23-14-20(26(28)22-9-11-32-27(22)23)16-33-24-12-17(3)6-7-19(24)15-25(30)31-5-2/h6-14H,4-5,15-16H2,1-3H3. The lowest BCUT2D eigenvalue weighted by molar-refractivity contribution is -0.142. The van der Waals surface area contributed by atoms with Crippen LogP contribution in [-0.4, -0.2) is 17.6 Å². The number of carbonyl (C=O) groups excluding carboxylic acids is 1. The summed E-state index contributed by atoms with van der Waals surface area (Å²) in [5.41, 5.74) is 5.20. The van der Waals surface area contributed by atoms with E-state index in [1.54, 1.807) is 25.3 Å². The molecule has 0 atom stereocenters. The minimum atomic E-state index is -0.383. The van der Waals surface area contributed by atoms with Gasteiger partial charge in [0.2, 0.25) is 0 Å². The molecule has 0 aliphatic rings. The minimum Gasteiger partial charge on any atom is -0.488 e. The van der Waals surface area contributed by atoms with E-state index >= 15 is 4.39 Å². The molecule has 4 rings (SSSR count). The number of ether oxygens (including phenoxy) is 2. The Morgan fingerprint density at radius 2 is 1.94 bits per heavy atom. The van der Waals surface area contributed by atoms with Crippen molar-refractivity contribution in [2.75, 3.05) is 6.61 Å². The lowest BCUT2D eigenvalue weighted by Gasteiger charge is -2.14. The number of esters is 1. The van der Waals surface area contributed by atoms with Crippen molar-refractivity contribution in [1.29, 1.82) is 0 Å². The molecule has 0 amide bonds. The first-order valence-corrected chi connectivity index (χ1v) is 11.0. The highest BCUT2D eigenvalue weighted by molar-refractivity contribution is 5.93. The Morgan fingerprint density at radius 3 is 2.73 bits per heavy atom. The van der Waals surface area contributed by atoms with Gasteiger partial charge in [-0.15, -0.1) is 0 Å². The van der Waals surface area contributed by atoms with E-state index in [2.05, 4.69) is 4.98 Å². The van der Waals surface area contributed by atoms with Crippen LogP contribution in [0.4, 0.5) is 4.39 Å². The lowest BCUT2D eigenvalue weighted by atomic mass is 10.00. The Balaban J connectivity index is 1.68. The number of hydrogen-bond donors (Lipinski definition) is 0. The number of rotatable bonds is 8. The molecule has 0 radical (unpaired) electrons. The van der Waals surface area contributed by atoms with Crippen molar-refractivity contribution in [2.45, 2.75) is 40.2 Å². The monoisotopic (exact) mass is 447 g/mol. The second kappa shape index (κ2) is 9.86. The van der Waals surface area contributed by atoms with Crippen LogP contribution in [0, 0.1) is 12.7 Å². The van der Waals surface area contributed by atoms with Gasteiger partial charge in [0.05, 0.1) is 24.7 Å². The van der Waals surface area contributed by atoms with Crippen molar-refractivity contribution >= 4 is 16.9 Å². The maximum absolute atomic E-state index is 15.3. The van der Waals surface area contributed by atoms with Crippen LogP contribution < -0.4 is 4.74 Å². The maximum atomic E-state index is 15.3. The topological polar surface area (TPSA) is 61.6 Å². The van der Waals surface area contributed by atoms with Crippen LogP contribution in [0.25, 0.3) is 22.1 Å². The molecule has 0 saturated carbocycles. The fourth-order valence-electron chi connectivity index (χ4n) is 3.79. The van der Waals surface area contributed by atoms with Crippen molar-refractivity contribution in [2.24, 2.45) is 0 Å². The predicted molar refractivity (Wildman–Crippen MR) is 125 cm³/mol. The van der Waals surface area contributed by atoms with Gasteiger partial charge < -0.3 is 13.9 Å². The van der Waals surface area contributed by atoms with Crippen molar-refractivity contribution in [3.63, 3.8) is 0 Å². The van der Waals surface area contributed by atoms with Gasteiger partial charge in [-0.1, -0.05) is 19.1 Å². The predicted octanol–water partition coefficient (Wildman–Crippen LogP) is 6.19.